The maximum atomic E-state index is 11.7. The Balaban J connectivity index is 0.00000420. The van der Waals surface area contributed by atoms with E-state index in [4.69, 9.17) is 4.74 Å². The highest BCUT2D eigenvalue weighted by Gasteiger charge is 2.04. The highest BCUT2D eigenvalue weighted by molar-refractivity contribution is 14.0. The van der Waals surface area contributed by atoms with Gasteiger partial charge in [-0.05, 0) is 55.7 Å². The molecule has 2 aromatic rings. The predicted molar refractivity (Wildman–Crippen MR) is 129 cm³/mol. The van der Waals surface area contributed by atoms with Crippen molar-refractivity contribution in [2.75, 3.05) is 20.6 Å². The summed E-state index contributed by atoms with van der Waals surface area (Å²) in [6.07, 6.45) is 0.969. The monoisotopic (exact) mass is 510 g/mol. The minimum Gasteiger partial charge on any atom is -0.491 e. The zero-order valence-corrected chi connectivity index (χ0v) is 19.8. The van der Waals surface area contributed by atoms with Crippen LogP contribution in [0.5, 0.6) is 5.75 Å². The second kappa shape index (κ2) is 13.0. The molecule has 0 radical (unpaired) electrons. The van der Waals surface area contributed by atoms with Gasteiger partial charge in [-0.3, -0.25) is 9.79 Å². The molecular weight excluding hydrogens is 479 g/mol. The van der Waals surface area contributed by atoms with Gasteiger partial charge in [0.25, 0.3) is 5.91 Å². The van der Waals surface area contributed by atoms with Gasteiger partial charge in [0.2, 0.25) is 0 Å². The quantitative estimate of drug-likeness (QED) is 0.289. The fraction of sp³-hybridized carbons (Fsp3) is 0.364. The summed E-state index contributed by atoms with van der Waals surface area (Å²) < 4.78 is 5.66. The number of halogens is 1. The number of ether oxygens (including phenoxy) is 1. The molecular formula is C22H31IN4O2. The van der Waals surface area contributed by atoms with E-state index in [0.717, 1.165) is 35.8 Å². The second-order valence-electron chi connectivity index (χ2n) is 6.69. The Kier molecular flexibility index (Phi) is 11.1. The van der Waals surface area contributed by atoms with Crippen molar-refractivity contribution in [2.45, 2.75) is 32.9 Å². The summed E-state index contributed by atoms with van der Waals surface area (Å²) in [5.74, 6) is 1.54. The fourth-order valence-electron chi connectivity index (χ4n) is 2.70. The van der Waals surface area contributed by atoms with Gasteiger partial charge in [0, 0.05) is 32.7 Å². The third-order valence-electron chi connectivity index (χ3n) is 4.10. The number of hydrogen-bond donors (Lipinski definition) is 3. The summed E-state index contributed by atoms with van der Waals surface area (Å²) in [6, 6.07) is 15.7. The fourth-order valence-corrected chi connectivity index (χ4v) is 2.70. The Labute approximate surface area is 190 Å². The van der Waals surface area contributed by atoms with Crippen molar-refractivity contribution in [1.29, 1.82) is 0 Å². The summed E-state index contributed by atoms with van der Waals surface area (Å²) >= 11 is 0. The van der Waals surface area contributed by atoms with Gasteiger partial charge >= 0.3 is 0 Å². The smallest absolute Gasteiger partial charge is 0.251 e. The molecule has 0 fully saturated rings. The zero-order chi connectivity index (χ0) is 20.4. The van der Waals surface area contributed by atoms with Crippen LogP contribution in [0.4, 0.5) is 0 Å². The second-order valence-corrected chi connectivity index (χ2v) is 6.69. The van der Waals surface area contributed by atoms with Crippen LogP contribution in [0.3, 0.4) is 0 Å². The summed E-state index contributed by atoms with van der Waals surface area (Å²) in [5, 5.41) is 9.25. The molecule has 0 atom stereocenters. The maximum Gasteiger partial charge on any atom is 0.251 e. The molecule has 0 spiro atoms. The average Bonchev–Trinajstić information content (AvgIpc) is 2.70. The van der Waals surface area contributed by atoms with Gasteiger partial charge in [-0.15, -0.1) is 24.0 Å². The first-order valence-electron chi connectivity index (χ1n) is 9.53. The Morgan fingerprint density at radius 1 is 1.07 bits per heavy atom. The molecule has 7 heteroatoms. The first-order chi connectivity index (χ1) is 13.5. The van der Waals surface area contributed by atoms with Crippen LogP contribution in [0.25, 0.3) is 0 Å². The van der Waals surface area contributed by atoms with Crippen LogP contribution in [0, 0.1) is 0 Å². The van der Waals surface area contributed by atoms with E-state index in [1.807, 2.05) is 62.4 Å². The minimum atomic E-state index is -0.0721. The zero-order valence-electron chi connectivity index (χ0n) is 17.5. The van der Waals surface area contributed by atoms with Crippen LogP contribution >= 0.6 is 24.0 Å². The van der Waals surface area contributed by atoms with E-state index >= 15 is 0 Å². The van der Waals surface area contributed by atoms with Crippen LogP contribution in [0.2, 0.25) is 0 Å². The van der Waals surface area contributed by atoms with Crippen molar-refractivity contribution in [1.82, 2.24) is 16.0 Å². The lowest BCUT2D eigenvalue weighted by atomic mass is 10.1. The highest BCUT2D eigenvalue weighted by Crippen LogP contribution is 2.13. The highest BCUT2D eigenvalue weighted by atomic mass is 127. The Bertz CT molecular complexity index is 792. The van der Waals surface area contributed by atoms with Crippen LogP contribution < -0.4 is 20.7 Å². The molecule has 29 heavy (non-hydrogen) atoms. The van der Waals surface area contributed by atoms with Gasteiger partial charge in [0.15, 0.2) is 5.96 Å². The molecule has 0 saturated carbocycles. The van der Waals surface area contributed by atoms with Crippen LogP contribution in [0.15, 0.2) is 53.5 Å². The molecule has 3 N–H and O–H groups in total. The van der Waals surface area contributed by atoms with Crippen molar-refractivity contribution < 1.29 is 9.53 Å². The summed E-state index contributed by atoms with van der Waals surface area (Å²) in [7, 11) is 3.39. The van der Waals surface area contributed by atoms with Gasteiger partial charge in [-0.2, -0.15) is 0 Å². The SMILES string of the molecule is CN=C(NCCc1cccc(C(=O)NC)c1)NCc1ccc(OC(C)C)cc1.I. The molecule has 0 aliphatic carbocycles. The molecule has 0 bridgehead atoms. The van der Waals surface area contributed by atoms with Crippen molar-refractivity contribution in [3.8, 4) is 5.75 Å². The summed E-state index contributed by atoms with van der Waals surface area (Å²) in [6.45, 7) is 5.42. The van der Waals surface area contributed by atoms with Gasteiger partial charge in [-0.1, -0.05) is 24.3 Å². The third-order valence-corrected chi connectivity index (χ3v) is 4.10. The third kappa shape index (κ3) is 8.72. The molecule has 2 aromatic carbocycles. The number of aliphatic imine (C=N–C) groups is 1. The summed E-state index contributed by atoms with van der Waals surface area (Å²) in [5.41, 5.74) is 2.93. The molecule has 2 rings (SSSR count). The lowest BCUT2D eigenvalue weighted by Gasteiger charge is -2.13. The number of benzene rings is 2. The normalized spacial score (nSPS) is 10.9. The number of rotatable bonds is 8. The number of guanidine groups is 1. The number of carbonyl (C=O) groups excluding carboxylic acids is 1. The number of carbonyl (C=O) groups is 1. The van der Waals surface area contributed by atoms with E-state index in [1.54, 1.807) is 14.1 Å². The standard InChI is InChI=1S/C22H30N4O2.HI/c1-16(2)28-20-10-8-18(9-11-20)15-26-22(24-4)25-13-12-17-6-5-7-19(14-17)21(27)23-3;/h5-11,14,16H,12-13,15H2,1-4H3,(H,23,27)(H2,24,25,26);1H. The molecule has 158 valence electrons. The van der Waals surface area contributed by atoms with E-state index in [9.17, 15) is 4.79 Å². The molecule has 1 amide bonds. The van der Waals surface area contributed by atoms with Crippen molar-refractivity contribution >= 4 is 35.8 Å². The molecule has 0 aromatic heterocycles. The van der Waals surface area contributed by atoms with Crippen LogP contribution in [-0.2, 0) is 13.0 Å². The molecule has 0 aliphatic heterocycles. The number of nitrogens with one attached hydrogen (secondary N) is 3. The predicted octanol–water partition coefficient (Wildman–Crippen LogP) is 3.36. The molecule has 0 saturated heterocycles. The molecule has 0 unspecified atom stereocenters. The van der Waals surface area contributed by atoms with Gasteiger partial charge in [0.1, 0.15) is 5.75 Å². The first-order valence-corrected chi connectivity index (χ1v) is 9.53. The molecule has 0 aliphatic rings. The lowest BCUT2D eigenvalue weighted by molar-refractivity contribution is 0.0963. The topological polar surface area (TPSA) is 74.8 Å². The summed E-state index contributed by atoms with van der Waals surface area (Å²) in [4.78, 5) is 16.0. The largest absolute Gasteiger partial charge is 0.491 e. The van der Waals surface area contributed by atoms with Gasteiger partial charge in [0.05, 0.1) is 6.10 Å². The van der Waals surface area contributed by atoms with E-state index in [0.29, 0.717) is 12.1 Å². The Hall–Kier alpha value is -2.29. The Morgan fingerprint density at radius 2 is 1.79 bits per heavy atom. The average molecular weight is 510 g/mol. The molecule has 0 heterocycles. The first kappa shape index (κ1) is 24.7. The van der Waals surface area contributed by atoms with E-state index < -0.39 is 0 Å². The lowest BCUT2D eigenvalue weighted by Crippen LogP contribution is -2.37. The van der Waals surface area contributed by atoms with Crippen LogP contribution in [-0.4, -0.2) is 38.6 Å². The maximum absolute atomic E-state index is 11.7. The van der Waals surface area contributed by atoms with Crippen molar-refractivity contribution in [3.05, 3.63) is 65.2 Å². The van der Waals surface area contributed by atoms with Gasteiger partial charge < -0.3 is 20.7 Å². The van der Waals surface area contributed by atoms with Crippen molar-refractivity contribution in [3.63, 3.8) is 0 Å². The Morgan fingerprint density at radius 3 is 2.41 bits per heavy atom. The van der Waals surface area contributed by atoms with E-state index in [1.165, 1.54) is 0 Å². The number of amides is 1. The van der Waals surface area contributed by atoms with Crippen LogP contribution in [0.1, 0.15) is 35.3 Å². The van der Waals surface area contributed by atoms with E-state index in [2.05, 4.69) is 20.9 Å². The van der Waals surface area contributed by atoms with Gasteiger partial charge in [-0.25, -0.2) is 0 Å². The minimum absolute atomic E-state index is 0. The molecule has 6 nitrogen and oxygen atoms in total. The number of hydrogen-bond acceptors (Lipinski definition) is 3. The van der Waals surface area contributed by atoms with Crippen molar-refractivity contribution in [2.24, 2.45) is 4.99 Å². The number of nitrogens with zero attached hydrogens (tertiary/aromatic N) is 1. The van der Waals surface area contributed by atoms with E-state index in [-0.39, 0.29) is 36.0 Å².